The fourth-order valence-electron chi connectivity index (χ4n) is 1.51. The Balaban J connectivity index is 2.27. The van der Waals surface area contributed by atoms with Gasteiger partial charge in [0, 0.05) is 13.1 Å². The lowest BCUT2D eigenvalue weighted by Gasteiger charge is -2.17. The summed E-state index contributed by atoms with van der Waals surface area (Å²) in [5, 5.41) is 5.83. The van der Waals surface area contributed by atoms with Crippen molar-refractivity contribution in [3.8, 4) is 0 Å². The minimum Gasteiger partial charge on any atom is -0.355 e. The number of aryl methyl sites for hydroxylation is 1. The van der Waals surface area contributed by atoms with Gasteiger partial charge in [0.2, 0.25) is 5.96 Å². The van der Waals surface area contributed by atoms with Gasteiger partial charge in [-0.25, -0.2) is 0 Å². The lowest BCUT2D eigenvalue weighted by molar-refractivity contribution is 0.595. The summed E-state index contributed by atoms with van der Waals surface area (Å²) in [5.41, 5.74) is 1.02. The highest BCUT2D eigenvalue weighted by Crippen LogP contribution is 2.13. The molecule has 1 aromatic carbocycles. The molecule has 0 atom stereocenters. The molecule has 1 aromatic rings. The van der Waals surface area contributed by atoms with E-state index in [1.54, 1.807) is 24.3 Å². The first-order valence-corrected chi connectivity index (χ1v) is 6.91. The number of nitrogens with one attached hydrogen (secondary N) is 2. The summed E-state index contributed by atoms with van der Waals surface area (Å²) in [5.74, 6) is 0.330. The van der Waals surface area contributed by atoms with E-state index >= 15 is 0 Å². The van der Waals surface area contributed by atoms with Crippen LogP contribution in [0, 0.1) is 6.92 Å². The van der Waals surface area contributed by atoms with E-state index in [9.17, 15) is 8.42 Å². The Bertz CT molecular complexity index is 512. The second-order valence-electron chi connectivity index (χ2n) is 3.94. The van der Waals surface area contributed by atoms with Crippen molar-refractivity contribution >= 4 is 16.0 Å². The molecule has 0 unspecified atom stereocenters. The Kier molecular flexibility index (Phi) is 3.33. The van der Waals surface area contributed by atoms with E-state index in [0.29, 0.717) is 5.96 Å². The van der Waals surface area contributed by atoms with Gasteiger partial charge in [0.05, 0.1) is 4.90 Å². The van der Waals surface area contributed by atoms with Crippen molar-refractivity contribution in [3.63, 3.8) is 0 Å². The van der Waals surface area contributed by atoms with Crippen molar-refractivity contribution in [1.82, 2.24) is 10.6 Å². The van der Waals surface area contributed by atoms with E-state index in [1.165, 1.54) is 0 Å². The Labute approximate surface area is 101 Å². The Morgan fingerprint density at radius 1 is 1.12 bits per heavy atom. The summed E-state index contributed by atoms with van der Waals surface area (Å²) in [6.45, 7) is 3.40. The molecule has 0 saturated carbocycles. The van der Waals surface area contributed by atoms with E-state index in [-0.39, 0.29) is 4.90 Å². The van der Waals surface area contributed by atoms with E-state index in [1.807, 2.05) is 6.92 Å². The summed E-state index contributed by atoms with van der Waals surface area (Å²) in [7, 11) is -3.61. The molecule has 0 bridgehead atoms. The van der Waals surface area contributed by atoms with Gasteiger partial charge in [0.25, 0.3) is 10.0 Å². The molecule has 92 valence electrons. The maximum absolute atomic E-state index is 11.9. The molecular weight excluding hydrogens is 238 g/mol. The number of nitrogens with zero attached hydrogens (tertiary/aromatic N) is 1. The third kappa shape index (κ3) is 2.97. The second-order valence-corrected chi connectivity index (χ2v) is 5.54. The molecule has 0 aromatic heterocycles. The van der Waals surface area contributed by atoms with Gasteiger partial charge in [-0.15, -0.1) is 4.40 Å². The molecule has 17 heavy (non-hydrogen) atoms. The van der Waals surface area contributed by atoms with Crippen LogP contribution in [0.3, 0.4) is 0 Å². The van der Waals surface area contributed by atoms with Gasteiger partial charge in [-0.3, -0.25) is 0 Å². The van der Waals surface area contributed by atoms with Crippen molar-refractivity contribution in [3.05, 3.63) is 29.8 Å². The molecule has 2 N–H and O–H groups in total. The molecular formula is C11H15N3O2S. The van der Waals surface area contributed by atoms with E-state index in [4.69, 9.17) is 0 Å². The molecule has 5 nitrogen and oxygen atoms in total. The normalized spacial score (nSPS) is 15.9. The maximum Gasteiger partial charge on any atom is 0.285 e. The van der Waals surface area contributed by atoms with Gasteiger partial charge in [-0.1, -0.05) is 17.7 Å². The summed E-state index contributed by atoms with van der Waals surface area (Å²) in [6, 6.07) is 6.65. The van der Waals surface area contributed by atoms with Crippen LogP contribution in [0.2, 0.25) is 0 Å². The number of sulfonamides is 1. The van der Waals surface area contributed by atoms with Crippen LogP contribution in [-0.4, -0.2) is 27.5 Å². The fraction of sp³-hybridized carbons (Fsp3) is 0.364. The third-order valence-electron chi connectivity index (χ3n) is 2.47. The molecule has 2 rings (SSSR count). The molecule has 1 heterocycles. The van der Waals surface area contributed by atoms with Crippen molar-refractivity contribution in [1.29, 1.82) is 0 Å². The number of guanidine groups is 1. The number of hydrogen-bond donors (Lipinski definition) is 2. The Morgan fingerprint density at radius 3 is 2.29 bits per heavy atom. The van der Waals surface area contributed by atoms with Crippen molar-refractivity contribution in [2.24, 2.45) is 4.40 Å². The van der Waals surface area contributed by atoms with Gasteiger partial charge in [0.15, 0.2) is 0 Å². The third-order valence-corrected chi connectivity index (χ3v) is 3.76. The molecule has 0 aliphatic carbocycles. The molecule has 6 heteroatoms. The number of benzene rings is 1. The zero-order valence-corrected chi connectivity index (χ0v) is 10.4. The van der Waals surface area contributed by atoms with Crippen LogP contribution in [-0.2, 0) is 10.0 Å². The van der Waals surface area contributed by atoms with Crippen LogP contribution >= 0.6 is 0 Å². The topological polar surface area (TPSA) is 70.6 Å². The molecule has 1 fully saturated rings. The average Bonchev–Trinajstić information content (AvgIpc) is 2.30. The SMILES string of the molecule is Cc1ccc(S(=O)(=O)N=C2NCCCN2)cc1. The first-order valence-electron chi connectivity index (χ1n) is 5.47. The van der Waals surface area contributed by atoms with Crippen molar-refractivity contribution in [2.45, 2.75) is 18.2 Å². The lowest BCUT2D eigenvalue weighted by Crippen LogP contribution is -2.44. The zero-order chi connectivity index (χ0) is 12.3. The van der Waals surface area contributed by atoms with Crippen LogP contribution in [0.25, 0.3) is 0 Å². The van der Waals surface area contributed by atoms with E-state index in [2.05, 4.69) is 15.0 Å². The summed E-state index contributed by atoms with van der Waals surface area (Å²) in [4.78, 5) is 0.213. The fourth-order valence-corrected chi connectivity index (χ4v) is 2.47. The molecule has 0 amide bonds. The Morgan fingerprint density at radius 2 is 1.71 bits per heavy atom. The van der Waals surface area contributed by atoms with Crippen molar-refractivity contribution in [2.75, 3.05) is 13.1 Å². The zero-order valence-electron chi connectivity index (χ0n) is 9.60. The van der Waals surface area contributed by atoms with Gasteiger partial charge in [-0.05, 0) is 25.5 Å². The number of rotatable bonds is 2. The maximum atomic E-state index is 11.9. The highest BCUT2D eigenvalue weighted by atomic mass is 32.2. The first kappa shape index (κ1) is 11.9. The summed E-state index contributed by atoms with van der Waals surface area (Å²) >= 11 is 0. The summed E-state index contributed by atoms with van der Waals surface area (Å²) in [6.07, 6.45) is 0.962. The molecule has 0 radical (unpaired) electrons. The molecule has 0 spiro atoms. The van der Waals surface area contributed by atoms with E-state index < -0.39 is 10.0 Å². The van der Waals surface area contributed by atoms with Gasteiger partial charge >= 0.3 is 0 Å². The minimum absolute atomic E-state index is 0.213. The highest BCUT2D eigenvalue weighted by Gasteiger charge is 2.15. The average molecular weight is 253 g/mol. The predicted octanol–water partition coefficient (Wildman–Crippen LogP) is 0.623. The first-order chi connectivity index (χ1) is 8.08. The van der Waals surface area contributed by atoms with Crippen LogP contribution in [0.1, 0.15) is 12.0 Å². The molecule has 1 aliphatic heterocycles. The summed E-state index contributed by atoms with van der Waals surface area (Å²) < 4.78 is 27.6. The minimum atomic E-state index is -3.61. The lowest BCUT2D eigenvalue weighted by atomic mass is 10.2. The smallest absolute Gasteiger partial charge is 0.285 e. The van der Waals surface area contributed by atoms with Crippen LogP contribution in [0.15, 0.2) is 33.6 Å². The van der Waals surface area contributed by atoms with Gasteiger partial charge in [0.1, 0.15) is 0 Å². The number of hydrogen-bond acceptors (Lipinski definition) is 2. The predicted molar refractivity (Wildman–Crippen MR) is 66.4 cm³/mol. The van der Waals surface area contributed by atoms with Crippen LogP contribution in [0.4, 0.5) is 0 Å². The highest BCUT2D eigenvalue weighted by molar-refractivity contribution is 7.90. The largest absolute Gasteiger partial charge is 0.355 e. The van der Waals surface area contributed by atoms with Gasteiger partial charge in [-0.2, -0.15) is 8.42 Å². The standard InChI is InChI=1S/C11H15N3O2S/c1-9-3-5-10(6-4-9)17(15,16)14-11-12-7-2-8-13-11/h3-6H,2,7-8H2,1H3,(H2,12,13,14). The quantitative estimate of drug-likeness (QED) is 0.810. The van der Waals surface area contributed by atoms with Crippen LogP contribution in [0.5, 0.6) is 0 Å². The van der Waals surface area contributed by atoms with Gasteiger partial charge < -0.3 is 10.6 Å². The van der Waals surface area contributed by atoms with Crippen molar-refractivity contribution < 1.29 is 8.42 Å². The van der Waals surface area contributed by atoms with E-state index in [0.717, 1.165) is 25.1 Å². The van der Waals surface area contributed by atoms with Crippen LogP contribution < -0.4 is 10.6 Å². The Hall–Kier alpha value is -1.56. The second kappa shape index (κ2) is 4.75. The molecule has 1 aliphatic rings. The monoisotopic (exact) mass is 253 g/mol. The molecule has 1 saturated heterocycles.